The van der Waals surface area contributed by atoms with Crippen LogP contribution in [0.5, 0.6) is 0 Å². The first-order chi connectivity index (χ1) is 15.5. The van der Waals surface area contributed by atoms with E-state index in [9.17, 15) is 19.5 Å². The van der Waals surface area contributed by atoms with E-state index in [4.69, 9.17) is 0 Å². The highest BCUT2D eigenvalue weighted by molar-refractivity contribution is 5.99. The van der Waals surface area contributed by atoms with Crippen LogP contribution >= 0.6 is 0 Å². The number of rotatable bonds is 4. The average molecular weight is 429 g/mol. The Morgan fingerprint density at radius 3 is 2.41 bits per heavy atom. The van der Waals surface area contributed by atoms with Crippen LogP contribution in [-0.4, -0.2) is 69.8 Å². The molecule has 2 amide bonds. The van der Waals surface area contributed by atoms with Crippen molar-refractivity contribution in [2.24, 2.45) is 0 Å². The van der Waals surface area contributed by atoms with Gasteiger partial charge < -0.3 is 14.9 Å². The number of aldehydes is 1. The Morgan fingerprint density at radius 2 is 1.69 bits per heavy atom. The molecule has 1 aliphatic heterocycles. The van der Waals surface area contributed by atoms with Crippen LogP contribution in [-0.2, 0) is 4.79 Å². The zero-order chi connectivity index (χ0) is 22.3. The van der Waals surface area contributed by atoms with E-state index in [2.05, 4.69) is 4.98 Å². The van der Waals surface area contributed by atoms with Crippen LogP contribution in [0.4, 0.5) is 0 Å². The third-order valence-corrected chi connectivity index (χ3v) is 6.30. The Balaban J connectivity index is 1.34. The number of benzene rings is 2. The summed E-state index contributed by atoms with van der Waals surface area (Å²) in [6.45, 7) is 1.59. The molecule has 3 aromatic rings. The Labute approximate surface area is 185 Å². The largest absolute Gasteiger partial charge is 0.380 e. The molecule has 7 heteroatoms. The second-order valence-electron chi connectivity index (χ2n) is 8.45. The first-order valence-corrected chi connectivity index (χ1v) is 10.7. The number of pyridine rings is 1. The Kier molecular flexibility index (Phi) is 4.98. The van der Waals surface area contributed by atoms with Crippen LogP contribution in [0.1, 0.15) is 33.6 Å². The number of piperazine rings is 1. The number of para-hydroxylation sites is 1. The van der Waals surface area contributed by atoms with Gasteiger partial charge in [0.2, 0.25) is 0 Å². The van der Waals surface area contributed by atoms with Crippen molar-refractivity contribution in [3.05, 3.63) is 65.9 Å². The molecule has 1 aromatic heterocycles. The fourth-order valence-electron chi connectivity index (χ4n) is 4.20. The molecule has 2 heterocycles. The molecule has 1 saturated carbocycles. The summed E-state index contributed by atoms with van der Waals surface area (Å²) in [6, 6.07) is 14.9. The molecule has 162 valence electrons. The van der Waals surface area contributed by atoms with Crippen molar-refractivity contribution in [1.82, 2.24) is 14.8 Å². The van der Waals surface area contributed by atoms with Crippen LogP contribution in [0.25, 0.3) is 22.0 Å². The van der Waals surface area contributed by atoms with Crippen LogP contribution in [0.2, 0.25) is 0 Å². The van der Waals surface area contributed by atoms with Crippen molar-refractivity contribution in [3.8, 4) is 11.1 Å². The third kappa shape index (κ3) is 3.65. The minimum absolute atomic E-state index is 0.173. The first kappa shape index (κ1) is 20.3. The molecule has 2 aliphatic rings. The van der Waals surface area contributed by atoms with Crippen molar-refractivity contribution in [2.75, 3.05) is 26.2 Å². The average Bonchev–Trinajstić information content (AvgIpc) is 3.61. The highest BCUT2D eigenvalue weighted by atomic mass is 16.3. The predicted molar refractivity (Wildman–Crippen MR) is 119 cm³/mol. The normalized spacial score (nSPS) is 17.3. The molecule has 1 saturated heterocycles. The van der Waals surface area contributed by atoms with E-state index >= 15 is 0 Å². The van der Waals surface area contributed by atoms with Crippen molar-refractivity contribution >= 4 is 29.0 Å². The van der Waals surface area contributed by atoms with Gasteiger partial charge in [-0.15, -0.1) is 0 Å². The molecule has 0 radical (unpaired) electrons. The molecule has 0 unspecified atom stereocenters. The summed E-state index contributed by atoms with van der Waals surface area (Å²) in [4.78, 5) is 44.9. The molecule has 0 bridgehead atoms. The summed E-state index contributed by atoms with van der Waals surface area (Å²) in [5.74, 6) is -0.408. The van der Waals surface area contributed by atoms with Crippen molar-refractivity contribution in [3.63, 3.8) is 0 Å². The third-order valence-electron chi connectivity index (χ3n) is 6.30. The maximum absolute atomic E-state index is 13.0. The molecule has 2 fully saturated rings. The number of carbonyl (C=O) groups excluding carboxylic acids is 3. The maximum Gasteiger partial charge on any atom is 0.254 e. The summed E-state index contributed by atoms with van der Waals surface area (Å²) in [7, 11) is 0. The fourth-order valence-corrected chi connectivity index (χ4v) is 4.20. The van der Waals surface area contributed by atoms with E-state index in [1.165, 1.54) is 0 Å². The van der Waals surface area contributed by atoms with Gasteiger partial charge in [-0.2, -0.15) is 0 Å². The number of aliphatic hydroxyl groups is 1. The van der Waals surface area contributed by atoms with Crippen LogP contribution < -0.4 is 0 Å². The molecule has 7 nitrogen and oxygen atoms in total. The summed E-state index contributed by atoms with van der Waals surface area (Å²) in [6.07, 6.45) is 3.52. The van der Waals surface area contributed by atoms with Crippen molar-refractivity contribution in [1.29, 1.82) is 0 Å². The predicted octanol–water partition coefficient (Wildman–Crippen LogP) is 2.52. The lowest BCUT2D eigenvalue weighted by atomic mass is 9.97. The van der Waals surface area contributed by atoms with Gasteiger partial charge in [-0.3, -0.25) is 19.4 Å². The van der Waals surface area contributed by atoms with Crippen LogP contribution in [0.3, 0.4) is 0 Å². The van der Waals surface area contributed by atoms with Gasteiger partial charge >= 0.3 is 0 Å². The number of nitrogens with zero attached hydrogens (tertiary/aromatic N) is 3. The molecular weight excluding hydrogens is 406 g/mol. The molecule has 0 spiro atoms. The number of hydrogen-bond donors (Lipinski definition) is 1. The summed E-state index contributed by atoms with van der Waals surface area (Å²) in [5, 5.41) is 11.0. The Hall–Kier alpha value is -3.58. The number of aromatic nitrogens is 1. The number of amides is 2. The van der Waals surface area contributed by atoms with Gasteiger partial charge in [0, 0.05) is 54.5 Å². The maximum atomic E-state index is 13.0. The number of hydrogen-bond acceptors (Lipinski definition) is 5. The smallest absolute Gasteiger partial charge is 0.254 e. The molecule has 2 aromatic carbocycles. The number of fused-ring (bicyclic) bond motifs is 1. The highest BCUT2D eigenvalue weighted by Crippen LogP contribution is 2.37. The van der Waals surface area contributed by atoms with Crippen molar-refractivity contribution in [2.45, 2.75) is 18.4 Å². The monoisotopic (exact) mass is 429 g/mol. The standard InChI is InChI=1S/C25H23N3O4/c29-16-20-14-18(5-6-21(20)19-13-17-3-1-2-4-22(17)26-15-19)23(30)27-9-11-28(12-10-27)24(31)25(32)7-8-25/h1-6,13-16,32H,7-12H2. The second-order valence-corrected chi connectivity index (χ2v) is 8.45. The lowest BCUT2D eigenvalue weighted by Gasteiger charge is -2.35. The van der Waals surface area contributed by atoms with Gasteiger partial charge in [0.05, 0.1) is 5.52 Å². The van der Waals surface area contributed by atoms with E-state index in [-0.39, 0.29) is 11.8 Å². The lowest BCUT2D eigenvalue weighted by molar-refractivity contribution is -0.143. The fraction of sp³-hybridized carbons (Fsp3) is 0.280. The van der Waals surface area contributed by atoms with E-state index in [0.29, 0.717) is 50.1 Å². The number of carbonyl (C=O) groups is 3. The van der Waals surface area contributed by atoms with E-state index in [0.717, 1.165) is 28.3 Å². The van der Waals surface area contributed by atoms with E-state index < -0.39 is 5.60 Å². The molecule has 5 rings (SSSR count). The lowest BCUT2D eigenvalue weighted by Crippen LogP contribution is -2.53. The molecular formula is C25H23N3O4. The Morgan fingerprint density at radius 1 is 0.969 bits per heavy atom. The summed E-state index contributed by atoms with van der Waals surface area (Å²) < 4.78 is 0. The van der Waals surface area contributed by atoms with E-state index in [1.807, 2.05) is 30.3 Å². The van der Waals surface area contributed by atoms with Crippen molar-refractivity contribution < 1.29 is 19.5 Å². The first-order valence-electron chi connectivity index (χ1n) is 10.7. The second kappa shape index (κ2) is 7.84. The van der Waals surface area contributed by atoms with Crippen LogP contribution in [0.15, 0.2) is 54.7 Å². The van der Waals surface area contributed by atoms with Gasteiger partial charge in [-0.25, -0.2) is 0 Å². The van der Waals surface area contributed by atoms with Gasteiger partial charge in [-0.05, 0) is 42.7 Å². The SMILES string of the molecule is O=Cc1cc(C(=O)N2CCN(C(=O)C3(O)CC3)CC2)ccc1-c1cnc2ccccc2c1. The molecule has 32 heavy (non-hydrogen) atoms. The summed E-state index contributed by atoms with van der Waals surface area (Å²) >= 11 is 0. The molecule has 1 aliphatic carbocycles. The molecule has 0 atom stereocenters. The van der Waals surface area contributed by atoms with Gasteiger partial charge in [-0.1, -0.05) is 24.3 Å². The quantitative estimate of drug-likeness (QED) is 0.644. The minimum Gasteiger partial charge on any atom is -0.380 e. The zero-order valence-corrected chi connectivity index (χ0v) is 17.5. The van der Waals surface area contributed by atoms with E-state index in [1.54, 1.807) is 34.2 Å². The highest BCUT2D eigenvalue weighted by Gasteiger charge is 2.50. The van der Waals surface area contributed by atoms with Gasteiger partial charge in [0.15, 0.2) is 6.29 Å². The summed E-state index contributed by atoms with van der Waals surface area (Å²) in [5.41, 5.74) is 2.10. The Bertz CT molecular complexity index is 1230. The zero-order valence-electron chi connectivity index (χ0n) is 17.5. The van der Waals surface area contributed by atoms with Crippen LogP contribution in [0, 0.1) is 0 Å². The minimum atomic E-state index is -1.18. The van der Waals surface area contributed by atoms with Gasteiger partial charge in [0.1, 0.15) is 5.60 Å². The molecule has 1 N–H and O–H groups in total. The van der Waals surface area contributed by atoms with Gasteiger partial charge in [0.25, 0.3) is 11.8 Å². The topological polar surface area (TPSA) is 90.8 Å².